The standard InChI is InChI=1S/C8H13N.ClH/c1-3-8(2)6-4-5-7-9-8;/h4-7,9H,3H2,1-2H3;1H. The van der Waals surface area contributed by atoms with E-state index in [1.165, 1.54) is 0 Å². The molecule has 1 aliphatic heterocycles. The van der Waals surface area contributed by atoms with Crippen molar-refractivity contribution < 1.29 is 0 Å². The fourth-order valence-corrected chi connectivity index (χ4v) is 0.830. The molecule has 0 aromatic heterocycles. The zero-order valence-corrected chi connectivity index (χ0v) is 7.24. The molecule has 0 aromatic rings. The third-order valence-electron chi connectivity index (χ3n) is 1.82. The molecule has 1 N–H and O–H groups in total. The molecular weight excluding hydrogens is 146 g/mol. The smallest absolute Gasteiger partial charge is 0.0523 e. The van der Waals surface area contributed by atoms with E-state index in [2.05, 4.69) is 31.3 Å². The lowest BCUT2D eigenvalue weighted by Gasteiger charge is -2.26. The quantitative estimate of drug-likeness (QED) is 0.619. The van der Waals surface area contributed by atoms with Crippen molar-refractivity contribution in [2.75, 3.05) is 0 Å². The highest BCUT2D eigenvalue weighted by Gasteiger charge is 2.15. The number of rotatable bonds is 1. The Labute approximate surface area is 68.6 Å². The van der Waals surface area contributed by atoms with Crippen molar-refractivity contribution in [3.8, 4) is 0 Å². The molecule has 0 aromatic carbocycles. The summed E-state index contributed by atoms with van der Waals surface area (Å²) in [5.41, 5.74) is 0.203. The maximum Gasteiger partial charge on any atom is 0.0523 e. The molecule has 0 saturated heterocycles. The Kier molecular flexibility index (Phi) is 3.51. The molecule has 0 aliphatic carbocycles. The molecule has 1 atom stereocenters. The van der Waals surface area contributed by atoms with Gasteiger partial charge in [0.05, 0.1) is 5.54 Å². The van der Waals surface area contributed by atoms with Gasteiger partial charge >= 0.3 is 0 Å². The predicted molar refractivity (Wildman–Crippen MR) is 47.4 cm³/mol. The number of nitrogens with one attached hydrogen (secondary N) is 1. The highest BCUT2D eigenvalue weighted by Crippen LogP contribution is 2.13. The first kappa shape index (κ1) is 9.57. The Morgan fingerprint density at radius 1 is 1.40 bits per heavy atom. The largest absolute Gasteiger partial charge is 0.382 e. The maximum absolute atomic E-state index is 3.28. The van der Waals surface area contributed by atoms with Gasteiger partial charge in [0.15, 0.2) is 0 Å². The van der Waals surface area contributed by atoms with Crippen LogP contribution in [-0.4, -0.2) is 5.54 Å². The van der Waals surface area contributed by atoms with Gasteiger partial charge in [0.1, 0.15) is 0 Å². The molecule has 0 amide bonds. The minimum atomic E-state index is 0. The monoisotopic (exact) mass is 159 g/mol. The van der Waals surface area contributed by atoms with Gasteiger partial charge in [-0.2, -0.15) is 0 Å². The highest BCUT2D eigenvalue weighted by atomic mass is 35.5. The van der Waals surface area contributed by atoms with Crippen molar-refractivity contribution in [1.29, 1.82) is 0 Å². The molecule has 1 unspecified atom stereocenters. The minimum Gasteiger partial charge on any atom is -0.382 e. The molecule has 58 valence electrons. The SMILES string of the molecule is CCC1(C)C=CC=CN1.Cl. The van der Waals surface area contributed by atoms with Crippen LogP contribution in [0.1, 0.15) is 20.3 Å². The van der Waals surface area contributed by atoms with Crippen molar-refractivity contribution in [3.63, 3.8) is 0 Å². The fourth-order valence-electron chi connectivity index (χ4n) is 0.830. The second-order valence-electron chi connectivity index (χ2n) is 2.63. The van der Waals surface area contributed by atoms with E-state index in [0.29, 0.717) is 0 Å². The summed E-state index contributed by atoms with van der Waals surface area (Å²) >= 11 is 0. The number of hydrogen-bond donors (Lipinski definition) is 1. The zero-order chi connectivity index (χ0) is 6.74. The van der Waals surface area contributed by atoms with Gasteiger partial charge in [-0.05, 0) is 25.6 Å². The number of dihydropyridines is 1. The van der Waals surface area contributed by atoms with Gasteiger partial charge in [0, 0.05) is 0 Å². The Balaban J connectivity index is 0.000000810. The third kappa shape index (κ3) is 2.07. The topological polar surface area (TPSA) is 12.0 Å². The van der Waals surface area contributed by atoms with Crippen molar-refractivity contribution in [3.05, 3.63) is 24.4 Å². The van der Waals surface area contributed by atoms with Crippen LogP contribution in [0, 0.1) is 0 Å². The Morgan fingerprint density at radius 3 is 2.40 bits per heavy atom. The molecule has 0 fully saturated rings. The van der Waals surface area contributed by atoms with Gasteiger partial charge in [-0.15, -0.1) is 12.4 Å². The molecule has 0 bridgehead atoms. The van der Waals surface area contributed by atoms with Crippen LogP contribution in [-0.2, 0) is 0 Å². The lowest BCUT2D eigenvalue weighted by atomic mass is 9.97. The first-order valence-electron chi connectivity index (χ1n) is 3.39. The average molecular weight is 160 g/mol. The van der Waals surface area contributed by atoms with Crippen molar-refractivity contribution in [2.45, 2.75) is 25.8 Å². The molecule has 1 nitrogen and oxygen atoms in total. The molecule has 1 heterocycles. The van der Waals surface area contributed by atoms with Crippen LogP contribution in [0.15, 0.2) is 24.4 Å². The lowest BCUT2D eigenvalue weighted by Crippen LogP contribution is -2.36. The van der Waals surface area contributed by atoms with Gasteiger partial charge in [0.2, 0.25) is 0 Å². The second kappa shape index (κ2) is 3.67. The first-order chi connectivity index (χ1) is 4.27. The number of hydrogen-bond acceptors (Lipinski definition) is 1. The van der Waals surface area contributed by atoms with Crippen molar-refractivity contribution >= 4 is 12.4 Å². The van der Waals surface area contributed by atoms with Crippen LogP contribution in [0.3, 0.4) is 0 Å². The molecule has 0 radical (unpaired) electrons. The summed E-state index contributed by atoms with van der Waals surface area (Å²) in [6, 6.07) is 0. The van der Waals surface area contributed by atoms with Gasteiger partial charge in [-0.25, -0.2) is 0 Å². The summed E-state index contributed by atoms with van der Waals surface area (Å²) in [5.74, 6) is 0. The maximum atomic E-state index is 3.28. The van der Waals surface area contributed by atoms with Gasteiger partial charge < -0.3 is 5.32 Å². The van der Waals surface area contributed by atoms with E-state index in [1.54, 1.807) is 0 Å². The Morgan fingerprint density at radius 2 is 2.10 bits per heavy atom. The Bertz CT molecular complexity index is 151. The number of allylic oxidation sites excluding steroid dienone is 2. The van der Waals surface area contributed by atoms with E-state index in [4.69, 9.17) is 0 Å². The highest BCUT2D eigenvalue weighted by molar-refractivity contribution is 5.85. The van der Waals surface area contributed by atoms with Crippen LogP contribution >= 0.6 is 12.4 Å². The van der Waals surface area contributed by atoms with Crippen LogP contribution in [0.2, 0.25) is 0 Å². The summed E-state index contributed by atoms with van der Waals surface area (Å²) in [6.45, 7) is 4.36. The summed E-state index contributed by atoms with van der Waals surface area (Å²) in [6.07, 6.45) is 9.40. The summed E-state index contributed by atoms with van der Waals surface area (Å²) in [5, 5.41) is 3.28. The van der Waals surface area contributed by atoms with E-state index in [0.717, 1.165) is 6.42 Å². The zero-order valence-electron chi connectivity index (χ0n) is 6.42. The summed E-state index contributed by atoms with van der Waals surface area (Å²) in [7, 11) is 0. The van der Waals surface area contributed by atoms with Crippen LogP contribution in [0.25, 0.3) is 0 Å². The summed E-state index contributed by atoms with van der Waals surface area (Å²) in [4.78, 5) is 0. The summed E-state index contributed by atoms with van der Waals surface area (Å²) < 4.78 is 0. The minimum absolute atomic E-state index is 0. The average Bonchev–Trinajstić information content (AvgIpc) is 1.90. The van der Waals surface area contributed by atoms with E-state index in [9.17, 15) is 0 Å². The molecule has 1 aliphatic rings. The van der Waals surface area contributed by atoms with Crippen molar-refractivity contribution in [1.82, 2.24) is 5.32 Å². The van der Waals surface area contributed by atoms with Crippen molar-refractivity contribution in [2.24, 2.45) is 0 Å². The molecule has 0 saturated carbocycles. The van der Waals surface area contributed by atoms with Gasteiger partial charge in [-0.1, -0.05) is 19.1 Å². The van der Waals surface area contributed by atoms with E-state index in [1.807, 2.05) is 12.3 Å². The first-order valence-corrected chi connectivity index (χ1v) is 3.39. The van der Waals surface area contributed by atoms with Gasteiger partial charge in [0.25, 0.3) is 0 Å². The second-order valence-corrected chi connectivity index (χ2v) is 2.63. The lowest BCUT2D eigenvalue weighted by molar-refractivity contribution is 0.479. The molecule has 0 spiro atoms. The predicted octanol–water partition coefficient (Wildman–Crippen LogP) is 2.25. The normalized spacial score (nSPS) is 29.0. The fraction of sp³-hybridized carbons (Fsp3) is 0.500. The molecular formula is C8H14ClN. The molecule has 2 heteroatoms. The van der Waals surface area contributed by atoms with E-state index < -0.39 is 0 Å². The van der Waals surface area contributed by atoms with Crippen LogP contribution in [0.5, 0.6) is 0 Å². The molecule has 1 rings (SSSR count). The Hall–Kier alpha value is -0.430. The molecule has 10 heavy (non-hydrogen) atoms. The van der Waals surface area contributed by atoms with Gasteiger partial charge in [-0.3, -0.25) is 0 Å². The van der Waals surface area contributed by atoms with E-state index >= 15 is 0 Å². The number of halogens is 1. The van der Waals surface area contributed by atoms with E-state index in [-0.39, 0.29) is 17.9 Å². The van der Waals surface area contributed by atoms with Crippen LogP contribution in [0.4, 0.5) is 0 Å². The third-order valence-corrected chi connectivity index (χ3v) is 1.82. The van der Waals surface area contributed by atoms with Crippen LogP contribution < -0.4 is 5.32 Å².